The van der Waals surface area contributed by atoms with Crippen molar-refractivity contribution in [2.45, 2.75) is 6.42 Å². The quantitative estimate of drug-likeness (QED) is 0.443. The van der Waals surface area contributed by atoms with Crippen LogP contribution in [0.3, 0.4) is 0 Å². The third-order valence-electron chi connectivity index (χ3n) is 1.78. The molecule has 0 unspecified atom stereocenters. The molecule has 0 heterocycles. The molecule has 0 saturated heterocycles. The van der Waals surface area contributed by atoms with Gasteiger partial charge in [-0.15, -0.1) is 0 Å². The Bertz CT molecular complexity index is 355. The molecule has 82 valence electrons. The van der Waals surface area contributed by atoms with E-state index in [1.807, 2.05) is 0 Å². The molecule has 0 aliphatic carbocycles. The number of rotatable bonds is 5. The van der Waals surface area contributed by atoms with Crippen LogP contribution in [0.1, 0.15) is 5.56 Å². The lowest BCUT2D eigenvalue weighted by Gasteiger charge is -2.04. The Morgan fingerprint density at radius 3 is 2.80 bits per heavy atom. The van der Waals surface area contributed by atoms with Gasteiger partial charge in [-0.2, -0.15) is 0 Å². The van der Waals surface area contributed by atoms with Crippen molar-refractivity contribution in [3.05, 3.63) is 35.4 Å². The van der Waals surface area contributed by atoms with Crippen molar-refractivity contribution in [2.24, 2.45) is 5.73 Å². The molecule has 0 radical (unpaired) electrons. The molecule has 3 nitrogen and oxygen atoms in total. The first kappa shape index (κ1) is 11.6. The van der Waals surface area contributed by atoms with Crippen molar-refractivity contribution in [2.75, 3.05) is 13.2 Å². The van der Waals surface area contributed by atoms with E-state index in [4.69, 9.17) is 15.9 Å². The molecule has 0 bridgehead atoms. The lowest BCUT2D eigenvalue weighted by Crippen LogP contribution is -2.18. The van der Waals surface area contributed by atoms with Crippen LogP contribution in [0.15, 0.2) is 18.2 Å². The van der Waals surface area contributed by atoms with E-state index < -0.39 is 11.6 Å². The molecule has 1 aromatic carbocycles. The van der Waals surface area contributed by atoms with Crippen LogP contribution in [0.2, 0.25) is 0 Å². The molecule has 0 spiro atoms. The number of amidine groups is 1. The Labute approximate surface area is 86.4 Å². The van der Waals surface area contributed by atoms with Crippen molar-refractivity contribution < 1.29 is 13.5 Å². The molecule has 0 aliphatic rings. The smallest absolute Gasteiger partial charge is 0.126 e. The number of nitrogens with two attached hydrogens (primary N) is 1. The first-order valence-corrected chi connectivity index (χ1v) is 4.44. The zero-order valence-electron chi connectivity index (χ0n) is 8.09. The molecular weight excluding hydrogens is 202 g/mol. The van der Waals surface area contributed by atoms with Crippen molar-refractivity contribution >= 4 is 5.84 Å². The van der Waals surface area contributed by atoms with E-state index in [2.05, 4.69) is 0 Å². The van der Waals surface area contributed by atoms with Gasteiger partial charge in [0.25, 0.3) is 0 Å². The highest BCUT2D eigenvalue weighted by molar-refractivity contribution is 5.78. The van der Waals surface area contributed by atoms with Gasteiger partial charge in [-0.05, 0) is 30.2 Å². The van der Waals surface area contributed by atoms with Crippen LogP contribution < -0.4 is 5.73 Å². The number of hydrogen-bond donors (Lipinski definition) is 2. The van der Waals surface area contributed by atoms with E-state index in [0.29, 0.717) is 0 Å². The Hall–Kier alpha value is -1.49. The van der Waals surface area contributed by atoms with Crippen LogP contribution in [0.4, 0.5) is 8.78 Å². The largest absolute Gasteiger partial charge is 0.386 e. The summed E-state index contributed by atoms with van der Waals surface area (Å²) in [5.74, 6) is -1.02. The van der Waals surface area contributed by atoms with E-state index in [9.17, 15) is 8.78 Å². The lowest BCUT2D eigenvalue weighted by atomic mass is 10.1. The van der Waals surface area contributed by atoms with Crippen LogP contribution in [-0.2, 0) is 11.2 Å². The Morgan fingerprint density at radius 2 is 2.13 bits per heavy atom. The van der Waals surface area contributed by atoms with Gasteiger partial charge < -0.3 is 10.5 Å². The molecule has 0 atom stereocenters. The molecule has 5 heteroatoms. The molecule has 1 aromatic rings. The predicted molar refractivity (Wildman–Crippen MR) is 52.8 cm³/mol. The minimum atomic E-state index is -0.474. The average Bonchev–Trinajstić information content (AvgIpc) is 2.17. The summed E-state index contributed by atoms with van der Waals surface area (Å²) in [6.45, 7) is 0.219. The maximum absolute atomic E-state index is 13.1. The summed E-state index contributed by atoms with van der Waals surface area (Å²) in [6, 6.07) is 3.28. The SMILES string of the molecule is N=C(N)COCCc1cc(F)ccc1F. The van der Waals surface area contributed by atoms with Crippen molar-refractivity contribution in [1.82, 2.24) is 0 Å². The third-order valence-corrected chi connectivity index (χ3v) is 1.78. The summed E-state index contributed by atoms with van der Waals surface area (Å²) in [6.07, 6.45) is 0.261. The van der Waals surface area contributed by atoms with Gasteiger partial charge in [0.15, 0.2) is 0 Å². The highest BCUT2D eigenvalue weighted by Gasteiger charge is 2.03. The predicted octanol–water partition coefficient (Wildman–Crippen LogP) is 1.46. The maximum atomic E-state index is 13.1. The minimum absolute atomic E-state index is 0.0108. The van der Waals surface area contributed by atoms with E-state index in [-0.39, 0.29) is 31.0 Å². The zero-order valence-corrected chi connectivity index (χ0v) is 8.09. The van der Waals surface area contributed by atoms with Crippen molar-refractivity contribution in [3.63, 3.8) is 0 Å². The molecule has 1 rings (SSSR count). The fraction of sp³-hybridized carbons (Fsp3) is 0.300. The van der Waals surface area contributed by atoms with Crippen LogP contribution in [0.5, 0.6) is 0 Å². The van der Waals surface area contributed by atoms with Gasteiger partial charge in [0.2, 0.25) is 0 Å². The van der Waals surface area contributed by atoms with E-state index in [1.165, 1.54) is 0 Å². The minimum Gasteiger partial charge on any atom is -0.386 e. The molecule has 0 saturated carbocycles. The number of hydrogen-bond acceptors (Lipinski definition) is 2. The molecule has 0 aromatic heterocycles. The van der Waals surface area contributed by atoms with E-state index in [0.717, 1.165) is 18.2 Å². The van der Waals surface area contributed by atoms with Gasteiger partial charge in [-0.1, -0.05) is 0 Å². The number of ether oxygens (including phenoxy) is 1. The summed E-state index contributed by atoms with van der Waals surface area (Å²) in [5.41, 5.74) is 5.31. The highest BCUT2D eigenvalue weighted by Crippen LogP contribution is 2.10. The van der Waals surface area contributed by atoms with E-state index in [1.54, 1.807) is 0 Å². The summed E-state index contributed by atoms with van der Waals surface area (Å²) < 4.78 is 30.7. The summed E-state index contributed by atoms with van der Waals surface area (Å²) in [4.78, 5) is 0. The topological polar surface area (TPSA) is 59.1 Å². The number of nitrogens with one attached hydrogen (secondary N) is 1. The van der Waals surface area contributed by atoms with Gasteiger partial charge in [0, 0.05) is 0 Å². The second kappa shape index (κ2) is 5.41. The second-order valence-corrected chi connectivity index (χ2v) is 3.06. The van der Waals surface area contributed by atoms with Crippen LogP contribution >= 0.6 is 0 Å². The maximum Gasteiger partial charge on any atom is 0.126 e. The van der Waals surface area contributed by atoms with Crippen LogP contribution in [0.25, 0.3) is 0 Å². The monoisotopic (exact) mass is 214 g/mol. The van der Waals surface area contributed by atoms with Gasteiger partial charge >= 0.3 is 0 Å². The average molecular weight is 214 g/mol. The summed E-state index contributed by atoms with van der Waals surface area (Å²) >= 11 is 0. The molecule has 0 aliphatic heterocycles. The van der Waals surface area contributed by atoms with Crippen LogP contribution in [-0.4, -0.2) is 19.0 Å². The van der Waals surface area contributed by atoms with Crippen molar-refractivity contribution in [1.29, 1.82) is 5.41 Å². The summed E-state index contributed by atoms with van der Waals surface area (Å²) in [7, 11) is 0. The number of halogens is 2. The second-order valence-electron chi connectivity index (χ2n) is 3.06. The van der Waals surface area contributed by atoms with Gasteiger partial charge in [0.1, 0.15) is 24.1 Å². The summed E-state index contributed by atoms with van der Waals surface area (Å²) in [5, 5.41) is 6.87. The fourth-order valence-corrected chi connectivity index (χ4v) is 1.10. The van der Waals surface area contributed by atoms with E-state index >= 15 is 0 Å². The standard InChI is InChI=1S/C10H12F2N2O/c11-8-1-2-9(12)7(5-8)3-4-15-6-10(13)14/h1-2,5H,3-4,6H2,(H3,13,14). The van der Waals surface area contributed by atoms with Crippen LogP contribution in [0, 0.1) is 17.0 Å². The molecule has 0 amide bonds. The molecular formula is C10H12F2N2O. The van der Waals surface area contributed by atoms with Gasteiger partial charge in [0.05, 0.1) is 6.61 Å². The molecule has 3 N–H and O–H groups in total. The Balaban J connectivity index is 2.43. The highest BCUT2D eigenvalue weighted by atomic mass is 19.1. The Morgan fingerprint density at radius 1 is 1.40 bits per heavy atom. The molecule has 0 fully saturated rings. The zero-order chi connectivity index (χ0) is 11.3. The van der Waals surface area contributed by atoms with Gasteiger partial charge in [-0.3, -0.25) is 5.41 Å². The Kier molecular flexibility index (Phi) is 4.17. The van der Waals surface area contributed by atoms with Crippen molar-refractivity contribution in [3.8, 4) is 0 Å². The normalized spacial score (nSPS) is 10.3. The third kappa shape index (κ3) is 4.03. The number of benzene rings is 1. The molecule has 15 heavy (non-hydrogen) atoms. The first-order valence-electron chi connectivity index (χ1n) is 4.44. The first-order chi connectivity index (χ1) is 7.09. The lowest BCUT2D eigenvalue weighted by molar-refractivity contribution is 0.173. The fourth-order valence-electron chi connectivity index (χ4n) is 1.10. The van der Waals surface area contributed by atoms with Gasteiger partial charge in [-0.25, -0.2) is 8.78 Å².